The second kappa shape index (κ2) is 8.51. The summed E-state index contributed by atoms with van der Waals surface area (Å²) in [6, 6.07) is 8.67. The molecule has 0 saturated carbocycles. The zero-order chi connectivity index (χ0) is 20.2. The van der Waals surface area contributed by atoms with Gasteiger partial charge in [0.25, 0.3) is 5.91 Å². The number of aryl methyl sites for hydroxylation is 1. The fraction of sp³-hybridized carbons (Fsp3) is 0.222. The van der Waals surface area contributed by atoms with Crippen LogP contribution in [0.25, 0.3) is 0 Å². The first-order chi connectivity index (χ1) is 12.7. The van der Waals surface area contributed by atoms with Crippen LogP contribution in [0.5, 0.6) is 0 Å². The molecule has 0 saturated heterocycles. The van der Waals surface area contributed by atoms with Crippen molar-refractivity contribution >= 4 is 39.2 Å². The number of carbonyl (C=O) groups excluding carboxylic acids is 2. The molecule has 2 N–H and O–H groups in total. The highest BCUT2D eigenvalue weighted by atomic mass is 35.5. The largest absolute Gasteiger partial charge is 0.465 e. The molecule has 2 rings (SSSR count). The average molecular weight is 411 g/mol. The van der Waals surface area contributed by atoms with Gasteiger partial charge in [-0.1, -0.05) is 24.6 Å². The van der Waals surface area contributed by atoms with Crippen molar-refractivity contribution in [3.8, 4) is 0 Å². The first-order valence-corrected chi connectivity index (χ1v) is 9.85. The van der Waals surface area contributed by atoms with Crippen LogP contribution in [-0.2, 0) is 14.8 Å². The highest BCUT2D eigenvalue weighted by Crippen LogP contribution is 2.23. The molecule has 0 fully saturated rings. The molecule has 0 unspecified atom stereocenters. The highest BCUT2D eigenvalue weighted by molar-refractivity contribution is 7.89. The van der Waals surface area contributed by atoms with E-state index in [1.807, 2.05) is 0 Å². The van der Waals surface area contributed by atoms with Gasteiger partial charge in [-0.05, 0) is 42.8 Å². The summed E-state index contributed by atoms with van der Waals surface area (Å²) < 4.78 is 31.3. The third-order valence-electron chi connectivity index (χ3n) is 3.73. The summed E-state index contributed by atoms with van der Waals surface area (Å²) >= 11 is 5.96. The summed E-state index contributed by atoms with van der Waals surface area (Å²) in [7, 11) is -2.47. The Balaban J connectivity index is 2.35. The molecule has 27 heavy (non-hydrogen) atoms. The second-order valence-corrected chi connectivity index (χ2v) is 7.79. The van der Waals surface area contributed by atoms with Gasteiger partial charge < -0.3 is 10.1 Å². The summed E-state index contributed by atoms with van der Waals surface area (Å²) in [6.07, 6.45) is 0. The lowest BCUT2D eigenvalue weighted by Gasteiger charge is -2.12. The Bertz CT molecular complexity index is 989. The molecule has 0 radical (unpaired) electrons. The summed E-state index contributed by atoms with van der Waals surface area (Å²) in [5, 5.41) is 2.83. The number of halogens is 1. The van der Waals surface area contributed by atoms with E-state index in [-0.39, 0.29) is 27.6 Å². The Morgan fingerprint density at radius 2 is 1.81 bits per heavy atom. The Morgan fingerprint density at radius 3 is 2.44 bits per heavy atom. The number of methoxy groups -OCH3 is 1. The van der Waals surface area contributed by atoms with Crippen molar-refractivity contribution in [1.29, 1.82) is 0 Å². The predicted molar refractivity (Wildman–Crippen MR) is 103 cm³/mol. The minimum Gasteiger partial charge on any atom is -0.465 e. The first-order valence-electron chi connectivity index (χ1n) is 7.99. The maximum atomic E-state index is 12.6. The van der Waals surface area contributed by atoms with Crippen LogP contribution in [0.2, 0.25) is 5.02 Å². The molecule has 9 heteroatoms. The zero-order valence-electron chi connectivity index (χ0n) is 15.0. The van der Waals surface area contributed by atoms with Crippen LogP contribution in [0.15, 0.2) is 41.3 Å². The Kier molecular flexibility index (Phi) is 6.59. The number of benzene rings is 2. The molecule has 2 aromatic rings. The van der Waals surface area contributed by atoms with Crippen molar-refractivity contribution in [3.63, 3.8) is 0 Å². The Labute approximate surface area is 162 Å². The number of anilines is 1. The lowest BCUT2D eigenvalue weighted by molar-refractivity contribution is 0.0600. The minimum atomic E-state index is -3.69. The number of hydrogen-bond donors (Lipinski definition) is 2. The molecule has 0 aliphatic carbocycles. The number of ether oxygens (including phenoxy) is 1. The van der Waals surface area contributed by atoms with Crippen molar-refractivity contribution in [2.45, 2.75) is 18.7 Å². The molecule has 7 nitrogen and oxygen atoms in total. The van der Waals surface area contributed by atoms with Gasteiger partial charge in [0.15, 0.2) is 0 Å². The molecular formula is C18H19ClN2O5S. The second-order valence-electron chi connectivity index (χ2n) is 5.62. The predicted octanol–water partition coefficient (Wildman–Crippen LogP) is 2.99. The maximum Gasteiger partial charge on any atom is 0.339 e. The van der Waals surface area contributed by atoms with Crippen molar-refractivity contribution in [1.82, 2.24) is 4.72 Å². The number of sulfonamides is 1. The molecule has 0 aromatic heterocycles. The van der Waals surface area contributed by atoms with Gasteiger partial charge in [-0.2, -0.15) is 0 Å². The van der Waals surface area contributed by atoms with Crippen LogP contribution in [0.4, 0.5) is 5.69 Å². The molecule has 0 atom stereocenters. The first kappa shape index (κ1) is 20.9. The smallest absolute Gasteiger partial charge is 0.339 e. The number of carbonyl (C=O) groups is 2. The molecule has 0 aliphatic rings. The molecule has 144 valence electrons. The number of esters is 1. The third kappa shape index (κ3) is 4.85. The fourth-order valence-corrected chi connectivity index (χ4v) is 3.62. The van der Waals surface area contributed by atoms with Crippen LogP contribution in [0, 0.1) is 6.92 Å². The molecule has 0 heterocycles. The quantitative estimate of drug-likeness (QED) is 0.713. The summed E-state index contributed by atoms with van der Waals surface area (Å²) in [5.74, 6) is -1.15. The van der Waals surface area contributed by atoms with E-state index in [0.29, 0.717) is 11.3 Å². The number of hydrogen-bond acceptors (Lipinski definition) is 5. The van der Waals surface area contributed by atoms with Gasteiger partial charge in [-0.15, -0.1) is 0 Å². The molecule has 0 aliphatic heterocycles. The Morgan fingerprint density at radius 1 is 1.11 bits per heavy atom. The van der Waals surface area contributed by atoms with Crippen LogP contribution < -0.4 is 10.0 Å². The average Bonchev–Trinajstić information content (AvgIpc) is 2.62. The van der Waals surface area contributed by atoms with Gasteiger partial charge in [0.1, 0.15) is 0 Å². The van der Waals surface area contributed by atoms with Gasteiger partial charge >= 0.3 is 5.97 Å². The van der Waals surface area contributed by atoms with Crippen LogP contribution >= 0.6 is 11.6 Å². The van der Waals surface area contributed by atoms with Crippen LogP contribution in [0.3, 0.4) is 0 Å². The van der Waals surface area contributed by atoms with Gasteiger partial charge in [-0.25, -0.2) is 17.9 Å². The van der Waals surface area contributed by atoms with Crippen molar-refractivity contribution in [2.75, 3.05) is 19.0 Å². The zero-order valence-corrected chi connectivity index (χ0v) is 16.6. The SMILES string of the molecule is CCNS(=O)(=O)c1ccc(C)c(C(=O)Nc2ccc(Cl)c(C(=O)OC)c2)c1. The van der Waals surface area contributed by atoms with Crippen molar-refractivity contribution in [2.24, 2.45) is 0 Å². The van der Waals surface area contributed by atoms with Gasteiger partial charge in [-0.3, -0.25) is 4.79 Å². The topological polar surface area (TPSA) is 102 Å². The number of rotatable bonds is 6. The van der Waals surface area contributed by atoms with E-state index in [9.17, 15) is 18.0 Å². The molecular weight excluding hydrogens is 392 g/mol. The summed E-state index contributed by atoms with van der Waals surface area (Å²) in [4.78, 5) is 24.3. The Hall–Kier alpha value is -2.42. The third-order valence-corrected chi connectivity index (χ3v) is 5.60. The molecule has 1 amide bonds. The fourth-order valence-electron chi connectivity index (χ4n) is 2.35. The van der Waals surface area contributed by atoms with E-state index in [0.717, 1.165) is 0 Å². The van der Waals surface area contributed by atoms with Crippen LogP contribution in [-0.4, -0.2) is 33.9 Å². The van der Waals surface area contributed by atoms with E-state index >= 15 is 0 Å². The molecule has 0 spiro atoms. The molecule has 0 bridgehead atoms. The van der Waals surface area contributed by atoms with E-state index in [4.69, 9.17) is 11.6 Å². The summed E-state index contributed by atoms with van der Waals surface area (Å²) in [6.45, 7) is 3.60. The normalized spacial score (nSPS) is 11.1. The lowest BCUT2D eigenvalue weighted by Crippen LogP contribution is -2.24. The molecule has 2 aromatic carbocycles. The standard InChI is InChI=1S/C18H19ClN2O5S/c1-4-20-27(24,25)13-7-5-11(2)14(10-13)17(22)21-12-6-8-16(19)15(9-12)18(23)26-3/h5-10,20H,4H2,1-3H3,(H,21,22). The van der Waals surface area contributed by atoms with Crippen molar-refractivity contribution < 1.29 is 22.7 Å². The summed E-state index contributed by atoms with van der Waals surface area (Å²) in [5.41, 5.74) is 1.23. The minimum absolute atomic E-state index is 0.00791. The lowest BCUT2D eigenvalue weighted by atomic mass is 10.1. The van der Waals surface area contributed by atoms with Gasteiger partial charge in [0.2, 0.25) is 10.0 Å². The van der Waals surface area contributed by atoms with E-state index in [1.165, 1.54) is 37.4 Å². The van der Waals surface area contributed by atoms with E-state index in [2.05, 4.69) is 14.8 Å². The van der Waals surface area contributed by atoms with Gasteiger partial charge in [0.05, 0.1) is 22.6 Å². The maximum absolute atomic E-state index is 12.6. The van der Waals surface area contributed by atoms with E-state index in [1.54, 1.807) is 19.9 Å². The van der Waals surface area contributed by atoms with Crippen molar-refractivity contribution in [3.05, 3.63) is 58.1 Å². The van der Waals surface area contributed by atoms with Crippen LogP contribution in [0.1, 0.15) is 33.2 Å². The van der Waals surface area contributed by atoms with E-state index < -0.39 is 21.9 Å². The monoisotopic (exact) mass is 410 g/mol. The number of nitrogens with one attached hydrogen (secondary N) is 2. The number of amides is 1. The van der Waals surface area contributed by atoms with Gasteiger partial charge in [0, 0.05) is 17.8 Å². The highest BCUT2D eigenvalue weighted by Gasteiger charge is 2.18.